The molecule has 1 aliphatic heterocycles. The molecule has 156 valence electrons. The number of piperazine rings is 1. The molecule has 2 aromatic heterocycles. The van der Waals surface area contributed by atoms with Crippen LogP contribution in [0.5, 0.6) is 0 Å². The summed E-state index contributed by atoms with van der Waals surface area (Å²) in [6.45, 7) is 4.26. The van der Waals surface area contributed by atoms with Crippen molar-refractivity contribution in [3.05, 3.63) is 64.0 Å². The molecule has 4 rings (SSSR count). The van der Waals surface area contributed by atoms with E-state index >= 15 is 0 Å². The van der Waals surface area contributed by atoms with Gasteiger partial charge in [-0.3, -0.25) is 9.59 Å². The molecule has 0 unspecified atom stereocenters. The molecule has 1 saturated heterocycles. The number of hydrogen-bond donors (Lipinski definition) is 0. The molecular weight excluding hydrogens is 414 g/mol. The number of rotatable bonds is 6. The second kappa shape index (κ2) is 9.53. The van der Waals surface area contributed by atoms with Gasteiger partial charge in [-0.1, -0.05) is 36.4 Å². The van der Waals surface area contributed by atoms with Crippen LogP contribution in [-0.4, -0.2) is 52.8 Å². The standard InChI is InChI=1S/C23H25N3O2S2/c1-17-21(30-22(24-17)19-10-6-16-29-19)23(28)26-14-12-25(13-15-26)20(27)11-5-9-18-7-3-2-4-8-18/h2-4,6-8,10,16H,5,9,11-15H2,1H3. The molecule has 3 heterocycles. The summed E-state index contributed by atoms with van der Waals surface area (Å²) in [4.78, 5) is 35.7. The molecule has 0 bridgehead atoms. The number of aromatic nitrogens is 1. The molecule has 1 fully saturated rings. The van der Waals surface area contributed by atoms with E-state index in [4.69, 9.17) is 0 Å². The molecule has 2 amide bonds. The van der Waals surface area contributed by atoms with Crippen molar-refractivity contribution in [1.29, 1.82) is 0 Å². The molecule has 1 aromatic carbocycles. The molecule has 3 aromatic rings. The summed E-state index contributed by atoms with van der Waals surface area (Å²) >= 11 is 3.10. The summed E-state index contributed by atoms with van der Waals surface area (Å²) in [7, 11) is 0. The van der Waals surface area contributed by atoms with Crippen molar-refractivity contribution in [3.63, 3.8) is 0 Å². The Bertz CT molecular complexity index is 991. The number of carbonyl (C=O) groups excluding carboxylic acids is 2. The van der Waals surface area contributed by atoms with Gasteiger partial charge < -0.3 is 9.80 Å². The third kappa shape index (κ3) is 4.79. The Morgan fingerprint density at radius 1 is 1.00 bits per heavy atom. The predicted octanol–water partition coefficient (Wildman–Crippen LogP) is 4.49. The van der Waals surface area contributed by atoms with Crippen LogP contribution in [0, 0.1) is 6.92 Å². The first-order chi connectivity index (χ1) is 14.6. The summed E-state index contributed by atoms with van der Waals surface area (Å²) in [5.41, 5.74) is 2.05. The largest absolute Gasteiger partial charge is 0.339 e. The molecule has 0 atom stereocenters. The van der Waals surface area contributed by atoms with Crippen LogP contribution in [-0.2, 0) is 11.2 Å². The average Bonchev–Trinajstić information content (AvgIpc) is 3.44. The number of thiophene rings is 1. The molecule has 30 heavy (non-hydrogen) atoms. The minimum absolute atomic E-state index is 0.0315. The Kier molecular flexibility index (Phi) is 6.59. The van der Waals surface area contributed by atoms with Gasteiger partial charge in [-0.15, -0.1) is 22.7 Å². The lowest BCUT2D eigenvalue weighted by molar-refractivity contribution is -0.132. The van der Waals surface area contributed by atoms with E-state index in [1.807, 2.05) is 52.4 Å². The van der Waals surface area contributed by atoms with Crippen LogP contribution in [0.2, 0.25) is 0 Å². The molecule has 0 N–H and O–H groups in total. The summed E-state index contributed by atoms with van der Waals surface area (Å²) in [6, 6.07) is 14.3. The van der Waals surface area contributed by atoms with Crippen LogP contribution in [0.25, 0.3) is 9.88 Å². The maximum Gasteiger partial charge on any atom is 0.265 e. The van der Waals surface area contributed by atoms with Crippen molar-refractivity contribution < 1.29 is 9.59 Å². The number of amides is 2. The van der Waals surface area contributed by atoms with E-state index in [1.165, 1.54) is 16.9 Å². The van der Waals surface area contributed by atoms with E-state index in [-0.39, 0.29) is 11.8 Å². The van der Waals surface area contributed by atoms with Gasteiger partial charge in [0.05, 0.1) is 10.6 Å². The lowest BCUT2D eigenvalue weighted by Gasteiger charge is -2.34. The fourth-order valence-electron chi connectivity index (χ4n) is 3.65. The second-order valence-corrected chi connectivity index (χ2v) is 9.37. The van der Waals surface area contributed by atoms with Gasteiger partial charge in [-0.25, -0.2) is 4.98 Å². The third-order valence-corrected chi connectivity index (χ3v) is 7.53. The molecule has 0 spiro atoms. The SMILES string of the molecule is Cc1nc(-c2cccs2)sc1C(=O)N1CCN(C(=O)CCCc2ccccc2)CC1. The maximum absolute atomic E-state index is 13.0. The first-order valence-corrected chi connectivity index (χ1v) is 11.9. The van der Waals surface area contributed by atoms with E-state index in [0.29, 0.717) is 37.5 Å². The highest BCUT2D eigenvalue weighted by atomic mass is 32.1. The molecule has 7 heteroatoms. The Morgan fingerprint density at radius 3 is 2.43 bits per heavy atom. The molecule has 0 saturated carbocycles. The van der Waals surface area contributed by atoms with Crippen molar-refractivity contribution in [2.75, 3.05) is 26.2 Å². The first kappa shape index (κ1) is 20.8. The Labute approximate surface area is 185 Å². The predicted molar refractivity (Wildman–Crippen MR) is 122 cm³/mol. The van der Waals surface area contributed by atoms with E-state index in [2.05, 4.69) is 17.1 Å². The van der Waals surface area contributed by atoms with Gasteiger partial charge >= 0.3 is 0 Å². The van der Waals surface area contributed by atoms with E-state index in [1.54, 1.807) is 11.3 Å². The summed E-state index contributed by atoms with van der Waals surface area (Å²) in [6.07, 6.45) is 2.33. The first-order valence-electron chi connectivity index (χ1n) is 10.2. The van der Waals surface area contributed by atoms with Gasteiger partial charge in [-0.2, -0.15) is 0 Å². The van der Waals surface area contributed by atoms with Gasteiger partial charge in [0.15, 0.2) is 0 Å². The van der Waals surface area contributed by atoms with Gasteiger partial charge in [0.25, 0.3) is 5.91 Å². The van der Waals surface area contributed by atoms with E-state index in [0.717, 1.165) is 28.4 Å². The lowest BCUT2D eigenvalue weighted by Crippen LogP contribution is -2.50. The minimum Gasteiger partial charge on any atom is -0.339 e. The van der Waals surface area contributed by atoms with Gasteiger partial charge in [0.2, 0.25) is 5.91 Å². The van der Waals surface area contributed by atoms with Crippen LogP contribution in [0.1, 0.15) is 33.8 Å². The van der Waals surface area contributed by atoms with E-state index in [9.17, 15) is 9.59 Å². The Hall–Kier alpha value is -2.51. The van der Waals surface area contributed by atoms with Crippen molar-refractivity contribution in [1.82, 2.24) is 14.8 Å². The third-order valence-electron chi connectivity index (χ3n) is 5.34. The molecular formula is C23H25N3O2S2. The summed E-state index contributed by atoms with van der Waals surface area (Å²) in [5, 5.41) is 2.92. The maximum atomic E-state index is 13.0. The number of hydrogen-bond acceptors (Lipinski definition) is 5. The second-order valence-electron chi connectivity index (χ2n) is 7.42. The number of thiazole rings is 1. The number of benzene rings is 1. The van der Waals surface area contributed by atoms with Gasteiger partial charge in [-0.05, 0) is 36.8 Å². The number of aryl methyl sites for hydroxylation is 2. The van der Waals surface area contributed by atoms with Crippen LogP contribution in [0.3, 0.4) is 0 Å². The van der Waals surface area contributed by atoms with Crippen molar-refractivity contribution in [2.24, 2.45) is 0 Å². The smallest absolute Gasteiger partial charge is 0.265 e. The lowest BCUT2D eigenvalue weighted by atomic mass is 10.1. The van der Waals surface area contributed by atoms with Crippen molar-refractivity contribution in [2.45, 2.75) is 26.2 Å². The Morgan fingerprint density at radius 2 is 1.73 bits per heavy atom. The van der Waals surface area contributed by atoms with Crippen LogP contribution >= 0.6 is 22.7 Å². The number of carbonyl (C=O) groups is 2. The topological polar surface area (TPSA) is 53.5 Å². The Balaban J connectivity index is 1.28. The normalized spacial score (nSPS) is 14.2. The van der Waals surface area contributed by atoms with Crippen LogP contribution in [0.15, 0.2) is 47.8 Å². The fraction of sp³-hybridized carbons (Fsp3) is 0.348. The molecule has 1 aliphatic rings. The highest BCUT2D eigenvalue weighted by molar-refractivity contribution is 7.22. The highest BCUT2D eigenvalue weighted by Crippen LogP contribution is 2.31. The van der Waals surface area contributed by atoms with Crippen molar-refractivity contribution in [3.8, 4) is 9.88 Å². The highest BCUT2D eigenvalue weighted by Gasteiger charge is 2.27. The quantitative estimate of drug-likeness (QED) is 0.569. The van der Waals surface area contributed by atoms with E-state index < -0.39 is 0 Å². The minimum atomic E-state index is 0.0315. The van der Waals surface area contributed by atoms with Gasteiger partial charge in [0.1, 0.15) is 9.88 Å². The van der Waals surface area contributed by atoms with Crippen molar-refractivity contribution >= 4 is 34.5 Å². The van der Waals surface area contributed by atoms with Crippen LogP contribution in [0.4, 0.5) is 0 Å². The number of nitrogens with zero attached hydrogens (tertiary/aromatic N) is 3. The zero-order valence-electron chi connectivity index (χ0n) is 17.0. The average molecular weight is 440 g/mol. The zero-order chi connectivity index (χ0) is 20.9. The monoisotopic (exact) mass is 439 g/mol. The summed E-state index contributed by atoms with van der Waals surface area (Å²) in [5.74, 6) is 0.218. The molecule has 5 nitrogen and oxygen atoms in total. The summed E-state index contributed by atoms with van der Waals surface area (Å²) < 4.78 is 0. The zero-order valence-corrected chi connectivity index (χ0v) is 18.7. The molecule has 0 aliphatic carbocycles. The molecule has 0 radical (unpaired) electrons. The van der Waals surface area contributed by atoms with Crippen LogP contribution < -0.4 is 0 Å². The van der Waals surface area contributed by atoms with Gasteiger partial charge in [0, 0.05) is 32.6 Å². The fourth-order valence-corrected chi connectivity index (χ4v) is 5.48.